The van der Waals surface area contributed by atoms with Crippen LogP contribution in [0.1, 0.15) is 98.0 Å². The zero-order valence-corrected chi connectivity index (χ0v) is 24.0. The highest BCUT2D eigenvalue weighted by molar-refractivity contribution is 5.97. The monoisotopic (exact) mass is 618 g/mol. The van der Waals surface area contributed by atoms with E-state index in [-0.39, 0.29) is 80.3 Å². The fraction of sp³-hybridized carbons (Fsp3) is 0.655. The topological polar surface area (TPSA) is 131 Å². The lowest BCUT2D eigenvalue weighted by atomic mass is 9.79. The quantitative estimate of drug-likeness (QED) is 0.315. The molecule has 1 aliphatic heterocycles. The molecule has 11 nitrogen and oxygen atoms in total. The molecule has 2 atom stereocenters. The van der Waals surface area contributed by atoms with Crippen LogP contribution >= 0.6 is 0 Å². The molecular formula is C29H34F4N8O3. The van der Waals surface area contributed by atoms with Gasteiger partial charge in [-0.1, -0.05) is 0 Å². The van der Waals surface area contributed by atoms with E-state index in [9.17, 15) is 27.2 Å². The fourth-order valence-electron chi connectivity index (χ4n) is 6.66. The molecule has 2 amide bonds. The molecule has 15 heteroatoms. The van der Waals surface area contributed by atoms with Gasteiger partial charge in [-0.2, -0.15) is 5.10 Å². The third-order valence-corrected chi connectivity index (χ3v) is 9.46. The second-order valence-corrected chi connectivity index (χ2v) is 12.9. The summed E-state index contributed by atoms with van der Waals surface area (Å²) in [6.45, 7) is 1.46. The Labute approximate surface area is 250 Å². The van der Waals surface area contributed by atoms with Crippen molar-refractivity contribution in [2.45, 2.75) is 88.1 Å². The van der Waals surface area contributed by atoms with Crippen molar-refractivity contribution >= 4 is 23.3 Å². The minimum absolute atomic E-state index is 0.0358. The maximum atomic E-state index is 14.1. The van der Waals surface area contributed by atoms with Gasteiger partial charge in [-0.3, -0.25) is 9.59 Å². The van der Waals surface area contributed by atoms with Gasteiger partial charge in [0.05, 0.1) is 30.2 Å². The van der Waals surface area contributed by atoms with Gasteiger partial charge in [-0.05, 0) is 71.8 Å². The van der Waals surface area contributed by atoms with Crippen LogP contribution in [0.25, 0.3) is 5.65 Å². The largest absolute Gasteiger partial charge is 0.352 e. The van der Waals surface area contributed by atoms with Gasteiger partial charge in [0.1, 0.15) is 0 Å². The minimum Gasteiger partial charge on any atom is -0.352 e. The zero-order valence-electron chi connectivity index (χ0n) is 24.0. The first-order valence-corrected chi connectivity index (χ1v) is 15.3. The summed E-state index contributed by atoms with van der Waals surface area (Å²) >= 11 is 0. The van der Waals surface area contributed by atoms with E-state index >= 15 is 0 Å². The number of anilines is 1. The third-order valence-electron chi connectivity index (χ3n) is 9.46. The molecule has 0 aromatic carbocycles. The molecule has 3 aliphatic carbocycles. The van der Waals surface area contributed by atoms with Crippen LogP contribution in [0.2, 0.25) is 0 Å². The molecule has 0 radical (unpaired) electrons. The Bertz CT molecular complexity index is 1530. The summed E-state index contributed by atoms with van der Waals surface area (Å²) < 4.78 is 61.1. The first-order valence-electron chi connectivity index (χ1n) is 15.3. The van der Waals surface area contributed by atoms with Crippen LogP contribution in [0.4, 0.5) is 23.4 Å². The first kappa shape index (κ1) is 29.0. The van der Waals surface area contributed by atoms with Crippen LogP contribution < -0.4 is 15.5 Å². The minimum atomic E-state index is -2.75. The molecule has 0 bridgehead atoms. The van der Waals surface area contributed by atoms with Gasteiger partial charge in [0.15, 0.2) is 5.65 Å². The molecule has 7 rings (SSSR count). The Morgan fingerprint density at radius 3 is 2.36 bits per heavy atom. The van der Waals surface area contributed by atoms with Gasteiger partial charge in [-0.15, -0.1) is 0 Å². The molecule has 1 saturated heterocycles. The molecule has 4 heterocycles. The highest BCUT2D eigenvalue weighted by atomic mass is 19.3. The van der Waals surface area contributed by atoms with Gasteiger partial charge >= 0.3 is 0 Å². The fourth-order valence-corrected chi connectivity index (χ4v) is 6.66. The number of nitrogens with zero attached hydrogens (tertiary/aromatic N) is 6. The van der Waals surface area contributed by atoms with Crippen molar-refractivity contribution in [3.63, 3.8) is 0 Å². The standard InChI is InChI=1S/C29H34F4N8O3/c30-28(31)6-4-18(5-7-28)24(37-27(43)25-26(39-44-38-25)40-8-1-9-40)20-15-41-21(35-20)11-19(14-34-41)23(17-2-3-17)36-22(42)10-16-12-29(32,33)13-16/h11,14-18,23-24H,1-10,12-13H2,(H,36,42)(H,37,43)/t23-,24+/m1/s1. The average Bonchev–Trinajstić information content (AvgIpc) is 3.50. The van der Waals surface area contributed by atoms with Gasteiger partial charge in [0.25, 0.3) is 5.91 Å². The number of halogens is 4. The molecule has 3 aromatic rings. The van der Waals surface area contributed by atoms with Crippen LogP contribution in [-0.2, 0) is 4.79 Å². The highest BCUT2D eigenvalue weighted by Gasteiger charge is 2.46. The normalized spacial score (nSPS) is 23.0. The lowest BCUT2D eigenvalue weighted by Crippen LogP contribution is -2.40. The summed E-state index contributed by atoms with van der Waals surface area (Å²) in [6, 6.07) is 0.801. The summed E-state index contributed by atoms with van der Waals surface area (Å²) in [5, 5.41) is 18.2. The van der Waals surface area contributed by atoms with E-state index in [0.29, 0.717) is 17.2 Å². The Balaban J connectivity index is 1.12. The summed E-state index contributed by atoms with van der Waals surface area (Å²) in [4.78, 5) is 32.8. The van der Waals surface area contributed by atoms with Crippen LogP contribution in [0.3, 0.4) is 0 Å². The van der Waals surface area contributed by atoms with E-state index in [1.54, 1.807) is 16.9 Å². The van der Waals surface area contributed by atoms with Crippen molar-refractivity contribution in [2.75, 3.05) is 18.0 Å². The number of rotatable bonds is 10. The molecule has 4 aliphatic rings. The number of hydrogen-bond acceptors (Lipinski definition) is 8. The van der Waals surface area contributed by atoms with E-state index in [2.05, 4.69) is 26.0 Å². The number of aromatic nitrogens is 5. The van der Waals surface area contributed by atoms with E-state index in [1.807, 2.05) is 11.0 Å². The number of carbonyl (C=O) groups excluding carboxylic acids is 2. The van der Waals surface area contributed by atoms with Crippen LogP contribution in [0, 0.1) is 17.8 Å². The second-order valence-electron chi connectivity index (χ2n) is 12.9. The zero-order chi connectivity index (χ0) is 30.6. The Hall–Kier alpha value is -3.78. The third kappa shape index (κ3) is 5.96. The molecule has 4 fully saturated rings. The van der Waals surface area contributed by atoms with Crippen molar-refractivity contribution < 1.29 is 31.8 Å². The number of alkyl halides is 4. The maximum absolute atomic E-state index is 14.1. The number of nitrogens with one attached hydrogen (secondary N) is 2. The predicted molar refractivity (Wildman–Crippen MR) is 147 cm³/mol. The molecule has 236 valence electrons. The second kappa shape index (κ2) is 11.0. The molecule has 44 heavy (non-hydrogen) atoms. The molecule has 3 aromatic heterocycles. The van der Waals surface area contributed by atoms with Crippen LogP contribution in [-0.4, -0.2) is 61.7 Å². The summed E-state index contributed by atoms with van der Waals surface area (Å²) in [7, 11) is 0. The van der Waals surface area contributed by atoms with Crippen molar-refractivity contribution in [1.29, 1.82) is 0 Å². The van der Waals surface area contributed by atoms with Gasteiger partial charge in [-0.25, -0.2) is 31.7 Å². The van der Waals surface area contributed by atoms with Crippen LogP contribution in [0.5, 0.6) is 0 Å². The average molecular weight is 619 g/mol. The summed E-state index contributed by atoms with van der Waals surface area (Å²) in [5.74, 6) is -6.26. The van der Waals surface area contributed by atoms with E-state index in [4.69, 9.17) is 9.61 Å². The van der Waals surface area contributed by atoms with Crippen molar-refractivity contribution in [1.82, 2.24) is 35.5 Å². The Morgan fingerprint density at radius 1 is 0.977 bits per heavy atom. The van der Waals surface area contributed by atoms with Gasteiger partial charge < -0.3 is 15.5 Å². The molecule has 2 N–H and O–H groups in total. The first-order chi connectivity index (χ1) is 21.0. The number of fused-ring (bicyclic) bond motifs is 1. The highest BCUT2D eigenvalue weighted by Crippen LogP contribution is 2.45. The SMILES string of the molecule is O=C(CC1CC(F)(F)C1)N[C@@H](c1cnn2cc([C@@H](NC(=O)c3nonc3N3CCC3)C3CCC(F)(F)CC3)nc2c1)C1CC1. The van der Waals surface area contributed by atoms with E-state index in [1.165, 1.54) is 0 Å². The number of amides is 2. The predicted octanol–water partition coefficient (Wildman–Crippen LogP) is 4.62. The van der Waals surface area contributed by atoms with Crippen molar-refractivity contribution in [2.24, 2.45) is 17.8 Å². The smallest absolute Gasteiger partial charge is 0.278 e. The lowest BCUT2D eigenvalue weighted by molar-refractivity contribution is -0.134. The molecule has 3 saturated carbocycles. The van der Waals surface area contributed by atoms with Gasteiger partial charge in [0.2, 0.25) is 29.3 Å². The molecular weight excluding hydrogens is 584 g/mol. The van der Waals surface area contributed by atoms with Crippen molar-refractivity contribution in [3.05, 3.63) is 35.4 Å². The Morgan fingerprint density at radius 2 is 1.70 bits per heavy atom. The van der Waals surface area contributed by atoms with Crippen molar-refractivity contribution in [3.8, 4) is 0 Å². The summed E-state index contributed by atoms with van der Waals surface area (Å²) in [5.41, 5.74) is 1.72. The number of hydrogen-bond donors (Lipinski definition) is 2. The maximum Gasteiger partial charge on any atom is 0.278 e. The Kier molecular flexibility index (Phi) is 7.23. The molecule has 0 unspecified atom stereocenters. The van der Waals surface area contributed by atoms with Gasteiger partial charge in [0, 0.05) is 45.2 Å². The number of carbonyl (C=O) groups is 2. The number of imidazole rings is 1. The summed E-state index contributed by atoms with van der Waals surface area (Å²) in [6.07, 6.45) is 5.50. The van der Waals surface area contributed by atoms with E-state index in [0.717, 1.165) is 37.9 Å². The lowest BCUT2D eigenvalue weighted by Gasteiger charge is -2.34. The molecule has 0 spiro atoms. The van der Waals surface area contributed by atoms with E-state index < -0.39 is 23.8 Å². The van der Waals surface area contributed by atoms with Crippen LogP contribution in [0.15, 0.2) is 23.1 Å².